The van der Waals surface area contributed by atoms with Crippen LogP contribution in [0.3, 0.4) is 0 Å². The quantitative estimate of drug-likeness (QED) is 0.555. The van der Waals surface area contributed by atoms with Gasteiger partial charge in [0, 0.05) is 0 Å². The molecule has 1 saturated heterocycles. The molecule has 1 rings (SSSR count). The zero-order valence-corrected chi connectivity index (χ0v) is 8.30. The average molecular weight is 172 g/mol. The van der Waals surface area contributed by atoms with E-state index in [2.05, 4.69) is 47.5 Å². The molecule has 0 unspecified atom stereocenters. The number of hydrogen-bond donors (Lipinski definition) is 0. The van der Waals surface area contributed by atoms with Gasteiger partial charge in [-0.2, -0.15) is 0 Å². The van der Waals surface area contributed by atoms with Crippen LogP contribution >= 0.6 is 35.3 Å². The van der Waals surface area contributed by atoms with E-state index in [1.165, 1.54) is 17.9 Å². The van der Waals surface area contributed by atoms with Crippen molar-refractivity contribution >= 4 is 53.0 Å². The summed E-state index contributed by atoms with van der Waals surface area (Å²) in [6.07, 6.45) is 3.59. The molecule has 9 heavy (non-hydrogen) atoms. The molecule has 0 aliphatic carbocycles. The topological polar surface area (TPSA) is 0 Å². The van der Waals surface area contributed by atoms with E-state index in [0.29, 0.717) is 2.08 Å². The number of hydrogen-bond acceptors (Lipinski definition) is 3. The fourth-order valence-electron chi connectivity index (χ4n) is 0.734. The second kappa shape index (κ2) is 3.87. The average Bonchev–Trinajstić information content (AvgIpc) is 1.90. The third-order valence-corrected chi connectivity index (χ3v) is 6.58. The predicted molar refractivity (Wildman–Crippen MR) is 51.5 cm³/mol. The predicted octanol–water partition coefficient (Wildman–Crippen LogP) is 2.00. The summed E-state index contributed by atoms with van der Waals surface area (Å²) in [4.78, 5) is 0. The Morgan fingerprint density at radius 2 is 2.00 bits per heavy atom. The number of thioether (sulfide) groups is 3. The standard InChI is InChI=1S/C5H9S3.Li/c1-6-5-7-3-2-4-8-5;/h2-4H2,1H3;. The summed E-state index contributed by atoms with van der Waals surface area (Å²) in [6, 6.07) is 0. The molecular formula is C5H9LiS3. The molecule has 0 aromatic heterocycles. The van der Waals surface area contributed by atoms with Crippen LogP contribution in [-0.4, -0.2) is 37.6 Å². The normalized spacial score (nSPS) is 26.1. The maximum atomic E-state index is 2.33. The molecular weight excluding hydrogens is 163 g/mol. The Bertz CT molecular complexity index is 90.2. The first-order valence-corrected chi connectivity index (χ1v) is 6.29. The third-order valence-electron chi connectivity index (χ3n) is 1.39. The molecule has 0 atom stereocenters. The summed E-state index contributed by atoms with van der Waals surface area (Å²) < 4.78 is 0.470. The van der Waals surface area contributed by atoms with Gasteiger partial charge in [0.1, 0.15) is 0 Å². The van der Waals surface area contributed by atoms with Gasteiger partial charge in [0.15, 0.2) is 0 Å². The fourth-order valence-corrected chi connectivity index (χ4v) is 4.51. The zero-order chi connectivity index (χ0) is 6.74. The van der Waals surface area contributed by atoms with E-state index in [9.17, 15) is 0 Å². The molecule has 0 spiro atoms. The van der Waals surface area contributed by atoms with Crippen molar-refractivity contribution in [2.24, 2.45) is 0 Å². The van der Waals surface area contributed by atoms with Gasteiger partial charge >= 0.3 is 79.3 Å². The van der Waals surface area contributed by atoms with Crippen molar-refractivity contribution in [3.05, 3.63) is 0 Å². The minimum absolute atomic E-state index is 0.470. The van der Waals surface area contributed by atoms with E-state index >= 15 is 0 Å². The van der Waals surface area contributed by atoms with Crippen LogP contribution in [0.4, 0.5) is 0 Å². The van der Waals surface area contributed by atoms with Gasteiger partial charge in [-0.05, 0) is 0 Å². The summed E-state index contributed by atoms with van der Waals surface area (Å²) in [6.45, 7) is 0. The first kappa shape index (κ1) is 8.74. The van der Waals surface area contributed by atoms with Gasteiger partial charge < -0.3 is 0 Å². The molecule has 0 radical (unpaired) electrons. The zero-order valence-electron chi connectivity index (χ0n) is 5.85. The van der Waals surface area contributed by atoms with Crippen LogP contribution in [0.2, 0.25) is 0 Å². The van der Waals surface area contributed by atoms with Crippen LogP contribution in [0.15, 0.2) is 0 Å². The van der Waals surface area contributed by atoms with E-state index in [1.807, 2.05) is 11.8 Å². The molecule has 0 N–H and O–H groups in total. The van der Waals surface area contributed by atoms with Crippen molar-refractivity contribution in [1.82, 2.24) is 0 Å². The van der Waals surface area contributed by atoms with E-state index in [-0.39, 0.29) is 0 Å². The Hall–Kier alpha value is 1.65. The second-order valence-corrected chi connectivity index (χ2v) is 7.14. The van der Waals surface area contributed by atoms with Crippen molar-refractivity contribution in [3.8, 4) is 0 Å². The first-order valence-electron chi connectivity index (χ1n) is 3.10. The molecule has 1 fully saturated rings. The van der Waals surface area contributed by atoms with Crippen molar-refractivity contribution in [2.45, 2.75) is 8.50 Å². The summed E-state index contributed by atoms with van der Waals surface area (Å²) in [5, 5.41) is 0. The molecule has 0 amide bonds. The fraction of sp³-hybridized carbons (Fsp3) is 1.00. The van der Waals surface area contributed by atoms with Crippen LogP contribution in [0.25, 0.3) is 0 Å². The van der Waals surface area contributed by atoms with Crippen LogP contribution in [0.1, 0.15) is 6.42 Å². The van der Waals surface area contributed by atoms with Gasteiger partial charge in [0.05, 0.1) is 0 Å². The molecule has 1 aliphatic rings. The van der Waals surface area contributed by atoms with Crippen LogP contribution in [0, 0.1) is 0 Å². The molecule has 0 saturated carbocycles. The van der Waals surface area contributed by atoms with Gasteiger partial charge in [-0.15, -0.1) is 0 Å². The Kier molecular flexibility index (Phi) is 3.76. The van der Waals surface area contributed by atoms with Gasteiger partial charge in [0.25, 0.3) is 0 Å². The Morgan fingerprint density at radius 1 is 1.44 bits per heavy atom. The van der Waals surface area contributed by atoms with E-state index in [4.69, 9.17) is 0 Å². The molecule has 0 bridgehead atoms. The minimum atomic E-state index is 0.470. The molecule has 0 aromatic carbocycles. The monoisotopic (exact) mass is 172 g/mol. The van der Waals surface area contributed by atoms with E-state index in [0.717, 1.165) is 0 Å². The Balaban J connectivity index is 2.37. The number of rotatable bonds is 1. The third kappa shape index (κ3) is 2.63. The Morgan fingerprint density at radius 3 is 2.33 bits per heavy atom. The first-order chi connectivity index (χ1) is 4.27. The van der Waals surface area contributed by atoms with E-state index < -0.39 is 0 Å². The summed E-state index contributed by atoms with van der Waals surface area (Å²) in [5.41, 5.74) is 0. The van der Waals surface area contributed by atoms with Crippen molar-refractivity contribution in [3.63, 3.8) is 0 Å². The molecule has 1 heterocycles. The Labute approximate surface area is 78.9 Å². The summed E-state index contributed by atoms with van der Waals surface area (Å²) in [5.74, 6) is 2.70. The van der Waals surface area contributed by atoms with Crippen LogP contribution in [0.5, 0.6) is 0 Å². The molecule has 1 aliphatic heterocycles. The van der Waals surface area contributed by atoms with Gasteiger partial charge in [0.2, 0.25) is 0 Å². The van der Waals surface area contributed by atoms with E-state index in [1.54, 1.807) is 0 Å². The molecule has 4 heteroatoms. The SMILES string of the molecule is [Li][C]1(SC)SCCCS1. The molecule has 0 nitrogen and oxygen atoms in total. The molecule has 48 valence electrons. The van der Waals surface area contributed by atoms with Crippen molar-refractivity contribution < 1.29 is 0 Å². The van der Waals surface area contributed by atoms with Gasteiger partial charge in [-0.25, -0.2) is 0 Å². The second-order valence-electron chi connectivity index (χ2n) is 2.12. The summed E-state index contributed by atoms with van der Waals surface area (Å²) in [7, 11) is 0. The maximum absolute atomic E-state index is 2.33. The van der Waals surface area contributed by atoms with Gasteiger partial charge in [-0.1, -0.05) is 0 Å². The van der Waals surface area contributed by atoms with Crippen LogP contribution in [-0.2, 0) is 0 Å². The van der Waals surface area contributed by atoms with Gasteiger partial charge in [-0.3, -0.25) is 0 Å². The molecule has 0 aromatic rings. The summed E-state index contributed by atoms with van der Waals surface area (Å²) >= 11 is 8.48. The van der Waals surface area contributed by atoms with Crippen molar-refractivity contribution in [2.75, 3.05) is 17.8 Å². The van der Waals surface area contributed by atoms with Crippen LogP contribution < -0.4 is 0 Å². The van der Waals surface area contributed by atoms with Crippen molar-refractivity contribution in [1.29, 1.82) is 0 Å².